The number of aliphatic hydroxyl groups is 1. The number of methoxy groups -OCH3 is 2. The summed E-state index contributed by atoms with van der Waals surface area (Å²) < 4.78 is 10.8. The van der Waals surface area contributed by atoms with Gasteiger partial charge in [-0.05, 0) is 61.3 Å². The van der Waals surface area contributed by atoms with Crippen LogP contribution in [0.2, 0.25) is 25.7 Å². The summed E-state index contributed by atoms with van der Waals surface area (Å²) in [6.45, 7) is 11.9. The SMILES string of the molecule is C=C(CCC1(O)[C@H]2[C@@H](C(=O)N1CCc1ccc(OC)c(OC)c1)[C@H]1C=C[C@@H]2C1)C[Si](C)(C)C. The number of fused-ring (bicyclic) bond motifs is 5. The Bertz CT molecular complexity index is 952. The highest BCUT2D eigenvalue weighted by molar-refractivity contribution is 6.76. The third kappa shape index (κ3) is 4.52. The summed E-state index contributed by atoms with van der Waals surface area (Å²) in [5.41, 5.74) is 1.16. The van der Waals surface area contributed by atoms with Gasteiger partial charge < -0.3 is 19.5 Å². The molecular weight excluding hydrogens is 430 g/mol. The molecule has 1 N–H and O–H groups in total. The van der Waals surface area contributed by atoms with E-state index in [2.05, 4.69) is 38.4 Å². The highest BCUT2D eigenvalue weighted by Crippen LogP contribution is 2.59. The van der Waals surface area contributed by atoms with Crippen LogP contribution in [0.3, 0.4) is 0 Å². The van der Waals surface area contributed by atoms with Gasteiger partial charge in [0.05, 0.1) is 20.1 Å². The Kier molecular flexibility index (Phi) is 6.53. The van der Waals surface area contributed by atoms with Gasteiger partial charge >= 0.3 is 0 Å². The van der Waals surface area contributed by atoms with Crippen molar-refractivity contribution in [3.8, 4) is 11.5 Å². The molecule has 2 aliphatic carbocycles. The van der Waals surface area contributed by atoms with Crippen molar-refractivity contribution in [2.24, 2.45) is 23.7 Å². The molecule has 1 saturated carbocycles. The van der Waals surface area contributed by atoms with Gasteiger partial charge in [-0.25, -0.2) is 0 Å². The van der Waals surface area contributed by atoms with Crippen molar-refractivity contribution in [2.75, 3.05) is 20.8 Å². The van der Waals surface area contributed by atoms with Gasteiger partial charge in [0, 0.05) is 20.5 Å². The maximum Gasteiger partial charge on any atom is 0.229 e. The number of rotatable bonds is 10. The molecule has 1 amide bonds. The topological polar surface area (TPSA) is 59.0 Å². The number of likely N-dealkylation sites (tertiary alicyclic amines) is 1. The number of ether oxygens (including phenoxy) is 2. The van der Waals surface area contributed by atoms with E-state index in [1.54, 1.807) is 19.1 Å². The van der Waals surface area contributed by atoms with E-state index in [9.17, 15) is 9.90 Å². The van der Waals surface area contributed by atoms with Crippen molar-refractivity contribution in [1.29, 1.82) is 0 Å². The van der Waals surface area contributed by atoms with E-state index in [1.165, 1.54) is 5.57 Å². The standard InChI is InChI=1S/C27H39NO4Si/c1-18(17-33(4,5)6)11-13-27(30)25-21-9-8-20(16-21)24(25)26(29)28(27)14-12-19-7-10-22(31-2)23(15-19)32-3/h7-10,15,20-21,24-25,30H,1,11-14,16-17H2,2-6H3/t20-,21+,24-,25+,27?/m0/s1. The van der Waals surface area contributed by atoms with Crippen molar-refractivity contribution in [1.82, 2.24) is 4.90 Å². The molecule has 33 heavy (non-hydrogen) atoms. The number of allylic oxidation sites excluding steroid dienone is 3. The molecule has 0 spiro atoms. The average Bonchev–Trinajstić information content (AvgIpc) is 3.43. The quantitative estimate of drug-likeness (QED) is 0.392. The van der Waals surface area contributed by atoms with Gasteiger partial charge in [0.1, 0.15) is 5.72 Å². The highest BCUT2D eigenvalue weighted by atomic mass is 28.3. The minimum atomic E-state index is -1.26. The van der Waals surface area contributed by atoms with E-state index in [0.29, 0.717) is 36.8 Å². The second-order valence-electron chi connectivity index (χ2n) is 11.3. The Morgan fingerprint density at radius 3 is 2.55 bits per heavy atom. The molecule has 5 nitrogen and oxygen atoms in total. The molecule has 2 fully saturated rings. The summed E-state index contributed by atoms with van der Waals surface area (Å²) in [6, 6.07) is 6.91. The van der Waals surface area contributed by atoms with Gasteiger partial charge in [0.25, 0.3) is 0 Å². The van der Waals surface area contributed by atoms with Crippen LogP contribution < -0.4 is 9.47 Å². The van der Waals surface area contributed by atoms with Crippen LogP contribution in [0.15, 0.2) is 42.5 Å². The molecular formula is C27H39NO4Si. The summed E-state index contributed by atoms with van der Waals surface area (Å²) in [5, 5.41) is 12.1. The van der Waals surface area contributed by atoms with E-state index in [4.69, 9.17) is 9.47 Å². The zero-order chi connectivity index (χ0) is 24.0. The molecule has 3 aliphatic rings. The smallest absolute Gasteiger partial charge is 0.229 e. The van der Waals surface area contributed by atoms with Crippen LogP contribution in [-0.2, 0) is 11.2 Å². The minimum absolute atomic E-state index is 0.00918. The number of carbonyl (C=O) groups is 1. The maximum absolute atomic E-state index is 13.6. The normalized spacial score (nSPS) is 30.1. The summed E-state index contributed by atoms with van der Waals surface area (Å²) in [6.07, 6.45) is 7.44. The number of carbonyl (C=O) groups excluding carboxylic acids is 1. The van der Waals surface area contributed by atoms with Crippen LogP contribution in [0, 0.1) is 23.7 Å². The molecule has 4 rings (SSSR count). The zero-order valence-electron chi connectivity index (χ0n) is 20.8. The molecule has 6 heteroatoms. The largest absolute Gasteiger partial charge is 0.493 e. The number of amides is 1. The average molecular weight is 470 g/mol. The van der Waals surface area contributed by atoms with Gasteiger partial charge in [-0.1, -0.05) is 43.4 Å². The first-order valence-corrected chi connectivity index (χ1v) is 15.9. The third-order valence-electron chi connectivity index (χ3n) is 7.71. The van der Waals surface area contributed by atoms with Gasteiger partial charge in [0.2, 0.25) is 5.91 Å². The van der Waals surface area contributed by atoms with E-state index >= 15 is 0 Å². The van der Waals surface area contributed by atoms with Crippen molar-refractivity contribution in [2.45, 2.75) is 57.1 Å². The van der Waals surface area contributed by atoms with E-state index in [-0.39, 0.29) is 23.7 Å². The fourth-order valence-corrected chi connectivity index (χ4v) is 8.10. The van der Waals surface area contributed by atoms with Crippen LogP contribution in [0.1, 0.15) is 24.8 Å². The zero-order valence-corrected chi connectivity index (χ0v) is 21.8. The van der Waals surface area contributed by atoms with Crippen molar-refractivity contribution in [3.05, 3.63) is 48.1 Å². The Balaban J connectivity index is 1.53. The molecule has 1 aromatic carbocycles. The van der Waals surface area contributed by atoms with Gasteiger partial charge in [-0.2, -0.15) is 0 Å². The van der Waals surface area contributed by atoms with Crippen molar-refractivity contribution >= 4 is 14.0 Å². The van der Waals surface area contributed by atoms with Crippen LogP contribution in [0.25, 0.3) is 0 Å². The summed E-state index contributed by atoms with van der Waals surface area (Å²) in [7, 11) is 1.99. The van der Waals surface area contributed by atoms with Gasteiger partial charge in [0.15, 0.2) is 11.5 Å². The molecule has 0 radical (unpaired) electrons. The highest BCUT2D eigenvalue weighted by Gasteiger charge is 2.65. The number of nitrogens with zero attached hydrogens (tertiary/aromatic N) is 1. The minimum Gasteiger partial charge on any atom is -0.493 e. The van der Waals surface area contributed by atoms with Crippen LogP contribution >= 0.6 is 0 Å². The summed E-state index contributed by atoms with van der Waals surface area (Å²) in [5.74, 6) is 1.97. The lowest BCUT2D eigenvalue weighted by Gasteiger charge is -2.40. The predicted octanol–water partition coefficient (Wildman–Crippen LogP) is 4.89. The Labute approximate surface area is 199 Å². The van der Waals surface area contributed by atoms with Crippen LogP contribution in [0.4, 0.5) is 0 Å². The summed E-state index contributed by atoms with van der Waals surface area (Å²) in [4.78, 5) is 15.4. The lowest BCUT2D eigenvalue weighted by molar-refractivity contribution is -0.154. The molecule has 1 aromatic rings. The molecule has 180 valence electrons. The molecule has 1 aliphatic heterocycles. The molecule has 5 atom stereocenters. The fourth-order valence-electron chi connectivity index (χ4n) is 6.42. The van der Waals surface area contributed by atoms with Crippen LogP contribution in [0.5, 0.6) is 11.5 Å². The van der Waals surface area contributed by atoms with Crippen molar-refractivity contribution < 1.29 is 19.4 Å². The van der Waals surface area contributed by atoms with Crippen LogP contribution in [-0.4, -0.2) is 50.5 Å². The Hall–Kier alpha value is -2.05. The second kappa shape index (κ2) is 8.95. The molecule has 1 saturated heterocycles. The first-order chi connectivity index (χ1) is 15.6. The number of hydrogen-bond donors (Lipinski definition) is 1. The molecule has 1 unspecified atom stereocenters. The first-order valence-electron chi connectivity index (χ1n) is 12.2. The molecule has 2 bridgehead atoms. The monoisotopic (exact) mass is 469 g/mol. The van der Waals surface area contributed by atoms with E-state index in [1.807, 2.05) is 18.2 Å². The lowest BCUT2D eigenvalue weighted by Crippen LogP contribution is -2.51. The number of hydrogen-bond acceptors (Lipinski definition) is 4. The van der Waals surface area contributed by atoms with E-state index in [0.717, 1.165) is 24.4 Å². The second-order valence-corrected chi connectivity index (χ2v) is 16.8. The summed E-state index contributed by atoms with van der Waals surface area (Å²) >= 11 is 0. The predicted molar refractivity (Wildman–Crippen MR) is 134 cm³/mol. The van der Waals surface area contributed by atoms with E-state index < -0.39 is 13.8 Å². The first kappa shape index (κ1) is 24.1. The molecule has 0 aromatic heterocycles. The fraction of sp³-hybridized carbons (Fsp3) is 0.593. The van der Waals surface area contributed by atoms with Crippen molar-refractivity contribution in [3.63, 3.8) is 0 Å². The third-order valence-corrected chi connectivity index (χ3v) is 9.27. The lowest BCUT2D eigenvalue weighted by atomic mass is 9.78. The Morgan fingerprint density at radius 2 is 1.88 bits per heavy atom. The number of benzene rings is 1. The van der Waals surface area contributed by atoms with Gasteiger partial charge in [-0.15, -0.1) is 6.58 Å². The Morgan fingerprint density at radius 1 is 1.18 bits per heavy atom. The molecule has 1 heterocycles. The van der Waals surface area contributed by atoms with Gasteiger partial charge in [-0.3, -0.25) is 4.79 Å². The maximum atomic E-state index is 13.6.